The predicted octanol–water partition coefficient (Wildman–Crippen LogP) is 1.99. The average Bonchev–Trinajstić information content (AvgIpc) is 2.19. The molecule has 0 unspecified atom stereocenters. The Morgan fingerprint density at radius 3 is 2.69 bits per heavy atom. The van der Waals surface area contributed by atoms with Gasteiger partial charge in [0.2, 0.25) is 5.91 Å². The molecule has 0 aliphatic rings. The first-order valence-electron chi connectivity index (χ1n) is 4.51. The van der Waals surface area contributed by atoms with Crippen molar-refractivity contribution < 1.29 is 4.79 Å². The van der Waals surface area contributed by atoms with Crippen LogP contribution in [0, 0.1) is 0 Å². The van der Waals surface area contributed by atoms with Gasteiger partial charge < -0.3 is 5.32 Å². The van der Waals surface area contributed by atoms with Gasteiger partial charge in [0.05, 0.1) is 11.9 Å². The van der Waals surface area contributed by atoms with Crippen LogP contribution in [-0.4, -0.2) is 10.9 Å². The third-order valence-corrected chi connectivity index (χ3v) is 1.79. The van der Waals surface area contributed by atoms with Gasteiger partial charge in [-0.25, -0.2) is 0 Å². The molecule has 3 nitrogen and oxygen atoms in total. The van der Waals surface area contributed by atoms with E-state index in [9.17, 15) is 4.79 Å². The molecule has 1 aromatic heterocycles. The van der Waals surface area contributed by atoms with E-state index in [4.69, 9.17) is 0 Å². The fraction of sp³-hybridized carbons (Fsp3) is 0.400. The number of nitrogens with zero attached hydrogens (tertiary/aromatic N) is 1. The van der Waals surface area contributed by atoms with Crippen LogP contribution in [0.15, 0.2) is 18.3 Å². The summed E-state index contributed by atoms with van der Waals surface area (Å²) < 4.78 is 0. The summed E-state index contributed by atoms with van der Waals surface area (Å²) >= 11 is 0. The summed E-state index contributed by atoms with van der Waals surface area (Å²) in [5.41, 5.74) is 1.80. The molecule has 1 heterocycles. The maximum atomic E-state index is 11.0. The van der Waals surface area contributed by atoms with Gasteiger partial charge in [-0.15, -0.1) is 0 Å². The van der Waals surface area contributed by atoms with E-state index in [1.165, 1.54) is 0 Å². The molecule has 1 aromatic rings. The topological polar surface area (TPSA) is 42.0 Å². The van der Waals surface area contributed by atoms with E-state index in [-0.39, 0.29) is 5.91 Å². The molecule has 0 aliphatic carbocycles. The number of carbonyl (C=O) groups excluding carboxylic acids is 1. The van der Waals surface area contributed by atoms with Crippen LogP contribution in [-0.2, 0) is 11.2 Å². The zero-order chi connectivity index (χ0) is 9.68. The Kier molecular flexibility index (Phi) is 3.43. The number of pyridine rings is 1. The van der Waals surface area contributed by atoms with Crippen LogP contribution in [0.1, 0.15) is 26.0 Å². The standard InChI is InChI=1S/C10H14N2O/c1-3-8-5-6-9(7-11-8)12-10(13)4-2/h5-7H,3-4H2,1-2H3,(H,12,13). The van der Waals surface area contributed by atoms with E-state index >= 15 is 0 Å². The number of aromatic nitrogens is 1. The number of hydrogen-bond donors (Lipinski definition) is 1. The molecule has 0 saturated carbocycles. The Hall–Kier alpha value is -1.38. The van der Waals surface area contributed by atoms with Gasteiger partial charge in [-0.05, 0) is 18.6 Å². The van der Waals surface area contributed by atoms with Crippen LogP contribution in [0.2, 0.25) is 0 Å². The summed E-state index contributed by atoms with van der Waals surface area (Å²) in [6.45, 7) is 3.87. The third kappa shape index (κ3) is 2.86. The first kappa shape index (κ1) is 9.71. The highest BCUT2D eigenvalue weighted by molar-refractivity contribution is 5.90. The minimum absolute atomic E-state index is 0.0195. The minimum Gasteiger partial charge on any atom is -0.325 e. The fourth-order valence-electron chi connectivity index (χ4n) is 0.957. The summed E-state index contributed by atoms with van der Waals surface area (Å²) in [6.07, 6.45) is 3.10. The van der Waals surface area contributed by atoms with E-state index in [2.05, 4.69) is 10.3 Å². The SMILES string of the molecule is CCC(=O)Nc1ccc(CC)nc1. The van der Waals surface area contributed by atoms with Crippen molar-refractivity contribution in [2.45, 2.75) is 26.7 Å². The van der Waals surface area contributed by atoms with Crippen molar-refractivity contribution in [1.29, 1.82) is 0 Å². The number of nitrogens with one attached hydrogen (secondary N) is 1. The van der Waals surface area contributed by atoms with Crippen LogP contribution in [0.25, 0.3) is 0 Å². The fourth-order valence-corrected chi connectivity index (χ4v) is 0.957. The monoisotopic (exact) mass is 178 g/mol. The first-order valence-corrected chi connectivity index (χ1v) is 4.51. The number of amides is 1. The molecule has 70 valence electrons. The van der Waals surface area contributed by atoms with E-state index in [1.54, 1.807) is 6.20 Å². The van der Waals surface area contributed by atoms with Crippen LogP contribution >= 0.6 is 0 Å². The number of hydrogen-bond acceptors (Lipinski definition) is 2. The Morgan fingerprint density at radius 1 is 1.46 bits per heavy atom. The molecule has 1 rings (SSSR count). The number of rotatable bonds is 3. The van der Waals surface area contributed by atoms with Gasteiger partial charge >= 0.3 is 0 Å². The highest BCUT2D eigenvalue weighted by atomic mass is 16.1. The zero-order valence-electron chi connectivity index (χ0n) is 8.00. The third-order valence-electron chi connectivity index (χ3n) is 1.79. The summed E-state index contributed by atoms with van der Waals surface area (Å²) in [5.74, 6) is 0.0195. The van der Waals surface area contributed by atoms with Gasteiger partial charge in [0.25, 0.3) is 0 Å². The van der Waals surface area contributed by atoms with Crippen molar-refractivity contribution in [2.75, 3.05) is 5.32 Å². The lowest BCUT2D eigenvalue weighted by molar-refractivity contribution is -0.115. The van der Waals surface area contributed by atoms with Crippen LogP contribution < -0.4 is 5.32 Å². The molecule has 0 bridgehead atoms. The Morgan fingerprint density at radius 2 is 2.23 bits per heavy atom. The molecule has 1 amide bonds. The maximum Gasteiger partial charge on any atom is 0.224 e. The summed E-state index contributed by atoms with van der Waals surface area (Å²) in [6, 6.07) is 3.80. The summed E-state index contributed by atoms with van der Waals surface area (Å²) in [5, 5.41) is 2.74. The van der Waals surface area contributed by atoms with Crippen molar-refractivity contribution in [1.82, 2.24) is 4.98 Å². The smallest absolute Gasteiger partial charge is 0.224 e. The molecule has 0 radical (unpaired) electrons. The molecule has 0 spiro atoms. The molecule has 1 N–H and O–H groups in total. The first-order chi connectivity index (χ1) is 6.26. The highest BCUT2D eigenvalue weighted by Gasteiger charge is 1.98. The molecule has 0 atom stereocenters. The second-order valence-corrected chi connectivity index (χ2v) is 2.79. The van der Waals surface area contributed by atoms with Gasteiger partial charge in [0, 0.05) is 12.1 Å². The Bertz CT molecular complexity index is 279. The van der Waals surface area contributed by atoms with Crippen LogP contribution in [0.5, 0.6) is 0 Å². The lowest BCUT2D eigenvalue weighted by atomic mass is 10.3. The highest BCUT2D eigenvalue weighted by Crippen LogP contribution is 2.06. The zero-order valence-corrected chi connectivity index (χ0v) is 8.00. The van der Waals surface area contributed by atoms with Gasteiger partial charge in [-0.2, -0.15) is 0 Å². The second kappa shape index (κ2) is 4.60. The van der Waals surface area contributed by atoms with E-state index < -0.39 is 0 Å². The molecular weight excluding hydrogens is 164 g/mol. The quantitative estimate of drug-likeness (QED) is 0.769. The van der Waals surface area contributed by atoms with Gasteiger partial charge in [0.15, 0.2) is 0 Å². The molecule has 3 heteroatoms. The number of aryl methyl sites for hydroxylation is 1. The van der Waals surface area contributed by atoms with Crippen molar-refractivity contribution in [3.8, 4) is 0 Å². The summed E-state index contributed by atoms with van der Waals surface area (Å²) in [7, 11) is 0. The van der Waals surface area contributed by atoms with E-state index in [1.807, 2.05) is 26.0 Å². The Labute approximate surface area is 78.2 Å². The van der Waals surface area contributed by atoms with Crippen molar-refractivity contribution in [2.24, 2.45) is 0 Å². The number of anilines is 1. The second-order valence-electron chi connectivity index (χ2n) is 2.79. The predicted molar refractivity (Wildman–Crippen MR) is 52.5 cm³/mol. The number of carbonyl (C=O) groups is 1. The largest absolute Gasteiger partial charge is 0.325 e. The Balaban J connectivity index is 2.64. The lowest BCUT2D eigenvalue weighted by Gasteiger charge is -2.02. The van der Waals surface area contributed by atoms with Gasteiger partial charge in [-0.3, -0.25) is 9.78 Å². The molecule has 0 saturated heterocycles. The van der Waals surface area contributed by atoms with Crippen molar-refractivity contribution in [3.63, 3.8) is 0 Å². The van der Waals surface area contributed by atoms with Crippen molar-refractivity contribution in [3.05, 3.63) is 24.0 Å². The molecule has 0 aliphatic heterocycles. The molecule has 0 fully saturated rings. The molecule has 0 aromatic carbocycles. The van der Waals surface area contributed by atoms with Gasteiger partial charge in [0.1, 0.15) is 0 Å². The molecule has 13 heavy (non-hydrogen) atoms. The van der Waals surface area contributed by atoms with E-state index in [0.29, 0.717) is 6.42 Å². The van der Waals surface area contributed by atoms with Crippen molar-refractivity contribution >= 4 is 11.6 Å². The lowest BCUT2D eigenvalue weighted by Crippen LogP contribution is -2.09. The minimum atomic E-state index is 0.0195. The van der Waals surface area contributed by atoms with E-state index in [0.717, 1.165) is 17.8 Å². The van der Waals surface area contributed by atoms with Crippen LogP contribution in [0.3, 0.4) is 0 Å². The summed E-state index contributed by atoms with van der Waals surface area (Å²) in [4.78, 5) is 15.2. The normalized spacial score (nSPS) is 9.69. The average molecular weight is 178 g/mol. The molecular formula is C10H14N2O. The van der Waals surface area contributed by atoms with Crippen LogP contribution in [0.4, 0.5) is 5.69 Å². The maximum absolute atomic E-state index is 11.0. The van der Waals surface area contributed by atoms with Gasteiger partial charge in [-0.1, -0.05) is 13.8 Å².